The van der Waals surface area contributed by atoms with E-state index < -0.39 is 6.09 Å². The fourth-order valence-electron chi connectivity index (χ4n) is 5.50. The predicted molar refractivity (Wildman–Crippen MR) is 153 cm³/mol. The van der Waals surface area contributed by atoms with Crippen LogP contribution in [0.3, 0.4) is 0 Å². The number of imidazole rings is 1. The maximum Gasteiger partial charge on any atom is 0.407 e. The molecule has 2 aromatic heterocycles. The number of nitrogens with one attached hydrogen (secondary N) is 3. The van der Waals surface area contributed by atoms with Crippen LogP contribution in [0.25, 0.3) is 5.65 Å². The summed E-state index contributed by atoms with van der Waals surface area (Å²) in [6.07, 6.45) is 6.14. The number of halogens is 1. The quantitative estimate of drug-likeness (QED) is 0.325. The van der Waals surface area contributed by atoms with Crippen LogP contribution in [-0.4, -0.2) is 80.0 Å². The number of hydrogen-bond donors (Lipinski definition) is 4. The van der Waals surface area contributed by atoms with E-state index in [1.54, 1.807) is 12.1 Å². The summed E-state index contributed by atoms with van der Waals surface area (Å²) in [6.45, 7) is 2.65. The van der Waals surface area contributed by atoms with E-state index in [1.807, 2.05) is 0 Å². The van der Waals surface area contributed by atoms with Crippen LogP contribution >= 0.6 is 11.6 Å². The van der Waals surface area contributed by atoms with Crippen LogP contribution in [0.15, 0.2) is 18.3 Å². The molecule has 0 radical (unpaired) electrons. The Labute approximate surface area is 241 Å². The summed E-state index contributed by atoms with van der Waals surface area (Å²) in [6, 6.07) is 8.78. The Balaban J connectivity index is 1.18. The number of carbonyl (C=O) groups is 1. The summed E-state index contributed by atoms with van der Waals surface area (Å²) in [5.41, 5.74) is 2.47. The van der Waals surface area contributed by atoms with E-state index in [1.165, 1.54) is 15.6 Å². The molecule has 6 rings (SSSR count). The molecule has 3 fully saturated rings. The molecule has 1 aliphatic carbocycles. The van der Waals surface area contributed by atoms with Crippen LogP contribution in [0.2, 0.25) is 5.02 Å². The largest absolute Gasteiger partial charge is 0.465 e. The van der Waals surface area contributed by atoms with Gasteiger partial charge < -0.3 is 30.9 Å². The number of fused-ring (bicyclic) bond motifs is 1. The van der Waals surface area contributed by atoms with Crippen LogP contribution in [-0.2, 0) is 0 Å². The first-order chi connectivity index (χ1) is 19.9. The van der Waals surface area contributed by atoms with Crippen molar-refractivity contribution in [3.8, 4) is 12.1 Å². The molecule has 3 aliphatic rings. The van der Waals surface area contributed by atoms with E-state index in [2.05, 4.69) is 48.1 Å². The van der Waals surface area contributed by atoms with Crippen LogP contribution in [0, 0.1) is 22.7 Å². The normalized spacial score (nSPS) is 18.2. The number of nitriles is 2. The monoisotopic (exact) mass is 575 g/mol. The molecule has 0 unspecified atom stereocenters. The highest BCUT2D eigenvalue weighted by molar-refractivity contribution is 6.36. The van der Waals surface area contributed by atoms with Crippen molar-refractivity contribution < 1.29 is 9.90 Å². The Hall–Kier alpha value is -4.33. The number of likely N-dealkylation sites (tertiary alicyclic amines) is 1. The van der Waals surface area contributed by atoms with Crippen LogP contribution in [0.1, 0.15) is 49.8 Å². The van der Waals surface area contributed by atoms with Crippen molar-refractivity contribution in [1.29, 1.82) is 10.5 Å². The number of benzene rings is 1. The average molecular weight is 576 g/mol. The number of rotatable bonds is 7. The predicted octanol–water partition coefficient (Wildman–Crippen LogP) is 3.54. The van der Waals surface area contributed by atoms with Crippen molar-refractivity contribution in [2.24, 2.45) is 0 Å². The summed E-state index contributed by atoms with van der Waals surface area (Å²) in [4.78, 5) is 23.8. The van der Waals surface area contributed by atoms with Gasteiger partial charge in [0.05, 0.1) is 34.2 Å². The highest BCUT2D eigenvalue weighted by Gasteiger charge is 2.28. The summed E-state index contributed by atoms with van der Waals surface area (Å²) in [5, 5.41) is 43.7. The Morgan fingerprint density at radius 2 is 1.71 bits per heavy atom. The number of amides is 1. The maximum atomic E-state index is 11.2. The van der Waals surface area contributed by atoms with E-state index in [0.717, 1.165) is 57.3 Å². The minimum absolute atomic E-state index is 0.231. The van der Waals surface area contributed by atoms with E-state index in [-0.39, 0.29) is 11.6 Å². The molecule has 4 N–H and O–H groups in total. The number of anilines is 4. The first-order valence-corrected chi connectivity index (χ1v) is 14.2. The second-order valence-corrected chi connectivity index (χ2v) is 11.1. The van der Waals surface area contributed by atoms with E-state index >= 15 is 0 Å². The lowest BCUT2D eigenvalue weighted by atomic mass is 9.99. The smallest absolute Gasteiger partial charge is 0.407 e. The van der Waals surface area contributed by atoms with Gasteiger partial charge in [0, 0.05) is 44.3 Å². The molecular formula is C27H30ClN11O2. The maximum absolute atomic E-state index is 11.2. The van der Waals surface area contributed by atoms with Crippen molar-refractivity contribution in [2.75, 3.05) is 41.7 Å². The van der Waals surface area contributed by atoms with Gasteiger partial charge in [0.15, 0.2) is 17.2 Å². The molecule has 1 aromatic carbocycles. The number of piperidine rings is 2. The van der Waals surface area contributed by atoms with Crippen molar-refractivity contribution in [3.63, 3.8) is 0 Å². The van der Waals surface area contributed by atoms with Gasteiger partial charge in [-0.25, -0.2) is 9.78 Å². The van der Waals surface area contributed by atoms with E-state index in [0.29, 0.717) is 59.0 Å². The van der Waals surface area contributed by atoms with Gasteiger partial charge in [-0.05, 0) is 50.7 Å². The zero-order chi connectivity index (χ0) is 28.5. The lowest BCUT2D eigenvalue weighted by Crippen LogP contribution is -2.50. The molecule has 212 valence electrons. The second kappa shape index (κ2) is 11.3. The van der Waals surface area contributed by atoms with Gasteiger partial charge in [-0.3, -0.25) is 0 Å². The molecule has 4 heterocycles. The van der Waals surface area contributed by atoms with Crippen LogP contribution in [0.4, 0.5) is 27.9 Å². The van der Waals surface area contributed by atoms with Crippen LogP contribution < -0.4 is 20.9 Å². The third kappa shape index (κ3) is 5.78. The first-order valence-electron chi connectivity index (χ1n) is 13.8. The Bertz CT molecular complexity index is 1540. The standard InChI is InChI=1S/C27H30ClN11O2/c28-23-21(34-26-35-24(33-17-1-2-17)25-31-15-20(14-30)39(25)36-26)11-16(13-29)12-22(23)37-7-3-18(4-8-37)32-19-5-9-38(10-6-19)27(40)41/h11-12,15,17-19,32H,1-10H2,(H,40,41)(H2,33,34,35,36). The van der Waals surface area contributed by atoms with E-state index in [4.69, 9.17) is 11.6 Å². The number of carboxylic acid groups (broad SMARTS) is 1. The SMILES string of the molecule is N#Cc1cc(Nc2nc(NC3CC3)c3ncc(C#N)n3n2)c(Cl)c(N2CCC(NC3CCN(C(=O)O)CC3)CC2)c1. The Kier molecular flexibility index (Phi) is 7.39. The molecule has 14 heteroatoms. The van der Waals surface area contributed by atoms with Gasteiger partial charge in [0.1, 0.15) is 6.07 Å². The fourth-order valence-corrected chi connectivity index (χ4v) is 5.78. The zero-order valence-corrected chi connectivity index (χ0v) is 23.1. The summed E-state index contributed by atoms with van der Waals surface area (Å²) in [7, 11) is 0. The highest BCUT2D eigenvalue weighted by Crippen LogP contribution is 2.37. The molecular weight excluding hydrogens is 546 g/mol. The molecule has 0 bridgehead atoms. The van der Waals surface area contributed by atoms with Gasteiger partial charge in [0.25, 0.3) is 0 Å². The number of aromatic nitrogens is 4. The average Bonchev–Trinajstić information content (AvgIpc) is 3.70. The molecule has 2 saturated heterocycles. The summed E-state index contributed by atoms with van der Waals surface area (Å²) < 4.78 is 1.45. The van der Waals surface area contributed by atoms with Crippen molar-refractivity contribution >= 4 is 46.5 Å². The lowest BCUT2D eigenvalue weighted by molar-refractivity contribution is 0.127. The van der Waals surface area contributed by atoms with Crippen molar-refractivity contribution in [2.45, 2.75) is 56.7 Å². The third-order valence-corrected chi connectivity index (χ3v) is 8.29. The molecule has 0 atom stereocenters. The van der Waals surface area contributed by atoms with E-state index in [9.17, 15) is 20.4 Å². The van der Waals surface area contributed by atoms with Gasteiger partial charge in [0.2, 0.25) is 5.95 Å². The minimum atomic E-state index is -0.849. The number of nitrogens with zero attached hydrogens (tertiary/aromatic N) is 8. The molecule has 1 saturated carbocycles. The third-order valence-electron chi connectivity index (χ3n) is 7.90. The molecule has 2 aliphatic heterocycles. The molecule has 13 nitrogen and oxygen atoms in total. The lowest BCUT2D eigenvalue weighted by Gasteiger charge is -2.38. The highest BCUT2D eigenvalue weighted by atomic mass is 35.5. The second-order valence-electron chi connectivity index (χ2n) is 10.8. The first kappa shape index (κ1) is 26.9. The summed E-state index contributed by atoms with van der Waals surface area (Å²) >= 11 is 6.92. The fraction of sp³-hybridized carbons (Fsp3) is 0.481. The van der Waals surface area contributed by atoms with Crippen LogP contribution in [0.5, 0.6) is 0 Å². The zero-order valence-electron chi connectivity index (χ0n) is 22.3. The molecule has 1 amide bonds. The van der Waals surface area contributed by atoms with Gasteiger partial charge in [-0.15, -0.1) is 5.10 Å². The van der Waals surface area contributed by atoms with Gasteiger partial charge in [-0.1, -0.05) is 11.6 Å². The topological polar surface area (TPSA) is 171 Å². The van der Waals surface area contributed by atoms with Gasteiger partial charge in [-0.2, -0.15) is 20.0 Å². The minimum Gasteiger partial charge on any atom is -0.465 e. The van der Waals surface area contributed by atoms with Crippen molar-refractivity contribution in [3.05, 3.63) is 34.6 Å². The van der Waals surface area contributed by atoms with Crippen molar-refractivity contribution in [1.82, 2.24) is 29.8 Å². The Morgan fingerprint density at radius 3 is 2.34 bits per heavy atom. The van der Waals surface area contributed by atoms with Gasteiger partial charge >= 0.3 is 6.09 Å². The Morgan fingerprint density at radius 1 is 1.00 bits per heavy atom. The summed E-state index contributed by atoms with van der Waals surface area (Å²) in [5.74, 6) is 0.762. The molecule has 41 heavy (non-hydrogen) atoms. The molecule has 3 aromatic rings. The molecule has 0 spiro atoms. The number of hydrogen-bond acceptors (Lipinski definition) is 10.